The average Bonchev–Trinajstić information content (AvgIpc) is 2.46. The summed E-state index contributed by atoms with van der Waals surface area (Å²) < 4.78 is 36.1. The number of carbonyl (C=O) groups is 2. The molecule has 0 aliphatic rings. The second kappa shape index (κ2) is 7.76. The third-order valence-electron chi connectivity index (χ3n) is 2.75. The van der Waals surface area contributed by atoms with Crippen molar-refractivity contribution in [3.05, 3.63) is 23.8 Å². The van der Waals surface area contributed by atoms with Gasteiger partial charge < -0.3 is 14.6 Å². The number of carboxylic acids is 1. The molecular formula is C13H17NO7S. The van der Waals surface area contributed by atoms with Gasteiger partial charge in [0.25, 0.3) is 0 Å². The van der Waals surface area contributed by atoms with E-state index in [2.05, 4.69) is 9.46 Å². The fourth-order valence-corrected chi connectivity index (χ4v) is 2.93. The quantitative estimate of drug-likeness (QED) is 0.651. The molecule has 0 atom stereocenters. The Morgan fingerprint density at radius 1 is 1.27 bits per heavy atom. The number of hydrogen-bond acceptors (Lipinski definition) is 6. The summed E-state index contributed by atoms with van der Waals surface area (Å²) in [7, 11) is -1.33. The summed E-state index contributed by atoms with van der Waals surface area (Å²) in [6, 6.07) is 4.15. The molecule has 1 aromatic carbocycles. The van der Waals surface area contributed by atoms with Gasteiger partial charge in [0, 0.05) is 6.54 Å². The van der Waals surface area contributed by atoms with Crippen LogP contribution >= 0.6 is 0 Å². The van der Waals surface area contributed by atoms with Gasteiger partial charge in [0.05, 0.1) is 32.0 Å². The summed E-state index contributed by atoms with van der Waals surface area (Å²) in [6.45, 7) is -0.249. The van der Waals surface area contributed by atoms with E-state index in [1.165, 1.54) is 32.4 Å². The van der Waals surface area contributed by atoms with Crippen LogP contribution in [0.2, 0.25) is 0 Å². The number of benzene rings is 1. The third-order valence-corrected chi connectivity index (χ3v) is 4.31. The molecule has 9 heteroatoms. The zero-order valence-corrected chi connectivity index (χ0v) is 13.0. The SMILES string of the molecule is COC(=O)Cc1cc(OC)ccc1S(=O)(=O)NCCC(=O)O. The molecule has 0 radical (unpaired) electrons. The summed E-state index contributed by atoms with van der Waals surface area (Å²) in [5.41, 5.74) is 0.203. The Balaban J connectivity index is 3.09. The predicted octanol–water partition coefficient (Wildman–Crippen LogP) is 0.164. The Hall–Kier alpha value is -2.13. The number of aliphatic carboxylic acids is 1. The van der Waals surface area contributed by atoms with Crippen molar-refractivity contribution in [2.75, 3.05) is 20.8 Å². The van der Waals surface area contributed by atoms with Crippen molar-refractivity contribution in [2.45, 2.75) is 17.7 Å². The highest BCUT2D eigenvalue weighted by Gasteiger charge is 2.21. The molecule has 0 aliphatic heterocycles. The van der Waals surface area contributed by atoms with Gasteiger partial charge in [0.1, 0.15) is 5.75 Å². The van der Waals surface area contributed by atoms with E-state index in [0.29, 0.717) is 5.75 Å². The molecule has 0 unspecified atom stereocenters. The van der Waals surface area contributed by atoms with Crippen molar-refractivity contribution in [1.29, 1.82) is 0 Å². The van der Waals surface area contributed by atoms with Crippen LogP contribution in [0.5, 0.6) is 5.75 Å². The predicted molar refractivity (Wildman–Crippen MR) is 76.2 cm³/mol. The van der Waals surface area contributed by atoms with Crippen molar-refractivity contribution in [3.8, 4) is 5.75 Å². The summed E-state index contributed by atoms with van der Waals surface area (Å²) in [4.78, 5) is 21.7. The lowest BCUT2D eigenvalue weighted by atomic mass is 10.1. The second-order valence-electron chi connectivity index (χ2n) is 4.27. The number of carbonyl (C=O) groups excluding carboxylic acids is 1. The van der Waals surface area contributed by atoms with Crippen LogP contribution in [0.1, 0.15) is 12.0 Å². The van der Waals surface area contributed by atoms with Gasteiger partial charge in [0.15, 0.2) is 0 Å². The number of sulfonamides is 1. The van der Waals surface area contributed by atoms with Crippen molar-refractivity contribution in [1.82, 2.24) is 4.72 Å². The first-order valence-electron chi connectivity index (χ1n) is 6.25. The maximum absolute atomic E-state index is 12.2. The number of rotatable bonds is 8. The number of nitrogens with one attached hydrogen (secondary N) is 1. The fraction of sp³-hybridized carbons (Fsp3) is 0.385. The zero-order valence-electron chi connectivity index (χ0n) is 12.2. The highest BCUT2D eigenvalue weighted by atomic mass is 32.2. The summed E-state index contributed by atoms with van der Waals surface area (Å²) in [5, 5.41) is 8.54. The monoisotopic (exact) mass is 331 g/mol. The van der Waals surface area contributed by atoms with Crippen LogP contribution in [0.15, 0.2) is 23.1 Å². The first kappa shape index (κ1) is 17.9. The molecule has 1 rings (SSSR count). The Kier molecular flexibility index (Phi) is 6.32. The van der Waals surface area contributed by atoms with Gasteiger partial charge in [-0.2, -0.15) is 0 Å². The van der Waals surface area contributed by atoms with Crippen LogP contribution in [-0.2, 0) is 30.8 Å². The van der Waals surface area contributed by atoms with Crippen molar-refractivity contribution in [3.63, 3.8) is 0 Å². The molecule has 8 nitrogen and oxygen atoms in total. The Morgan fingerprint density at radius 3 is 2.50 bits per heavy atom. The molecule has 122 valence electrons. The largest absolute Gasteiger partial charge is 0.497 e. The van der Waals surface area contributed by atoms with E-state index in [1.54, 1.807) is 0 Å². The van der Waals surface area contributed by atoms with Crippen molar-refractivity contribution in [2.24, 2.45) is 0 Å². The van der Waals surface area contributed by atoms with Crippen LogP contribution in [0.4, 0.5) is 0 Å². The molecular weight excluding hydrogens is 314 g/mol. The van der Waals surface area contributed by atoms with Gasteiger partial charge in [-0.25, -0.2) is 13.1 Å². The topological polar surface area (TPSA) is 119 Å². The first-order chi connectivity index (χ1) is 10.3. The summed E-state index contributed by atoms with van der Waals surface area (Å²) >= 11 is 0. The van der Waals surface area contributed by atoms with Crippen LogP contribution in [0.3, 0.4) is 0 Å². The normalized spacial score (nSPS) is 11.0. The Labute approximate surface area is 128 Å². The lowest BCUT2D eigenvalue weighted by molar-refractivity contribution is -0.140. The van der Waals surface area contributed by atoms with E-state index in [-0.39, 0.29) is 29.8 Å². The van der Waals surface area contributed by atoms with Gasteiger partial charge >= 0.3 is 11.9 Å². The maximum Gasteiger partial charge on any atom is 0.310 e. The van der Waals surface area contributed by atoms with Crippen molar-refractivity contribution < 1.29 is 32.6 Å². The van der Waals surface area contributed by atoms with E-state index in [9.17, 15) is 18.0 Å². The molecule has 0 aromatic heterocycles. The highest BCUT2D eigenvalue weighted by molar-refractivity contribution is 7.89. The second-order valence-corrected chi connectivity index (χ2v) is 6.00. The molecule has 22 heavy (non-hydrogen) atoms. The standard InChI is InChI=1S/C13H17NO7S/c1-20-10-3-4-11(9(7-10)8-13(17)21-2)22(18,19)14-6-5-12(15)16/h3-4,7,14H,5-6,8H2,1-2H3,(H,15,16). The summed E-state index contributed by atoms with van der Waals surface area (Å²) in [5.74, 6) is -1.33. The van der Waals surface area contributed by atoms with Crippen LogP contribution in [0.25, 0.3) is 0 Å². The van der Waals surface area contributed by atoms with E-state index >= 15 is 0 Å². The average molecular weight is 331 g/mol. The Bertz CT molecular complexity index is 654. The smallest absolute Gasteiger partial charge is 0.310 e. The molecule has 0 saturated carbocycles. The minimum Gasteiger partial charge on any atom is -0.497 e. The highest BCUT2D eigenvalue weighted by Crippen LogP contribution is 2.22. The van der Waals surface area contributed by atoms with E-state index < -0.39 is 22.0 Å². The molecule has 0 heterocycles. The molecule has 0 spiro atoms. The minimum absolute atomic E-state index is 0.121. The number of carboxylic acid groups (broad SMARTS) is 1. The molecule has 0 amide bonds. The number of esters is 1. The van der Waals surface area contributed by atoms with Gasteiger partial charge in [-0.05, 0) is 23.8 Å². The number of hydrogen-bond donors (Lipinski definition) is 2. The lowest BCUT2D eigenvalue weighted by Gasteiger charge is -2.12. The maximum atomic E-state index is 12.2. The summed E-state index contributed by atoms with van der Waals surface area (Å²) in [6.07, 6.45) is -0.593. The first-order valence-corrected chi connectivity index (χ1v) is 7.73. The molecule has 2 N–H and O–H groups in total. The lowest BCUT2D eigenvalue weighted by Crippen LogP contribution is -2.27. The van der Waals surface area contributed by atoms with Gasteiger partial charge in [0.2, 0.25) is 10.0 Å². The van der Waals surface area contributed by atoms with E-state index in [0.717, 1.165) is 0 Å². The molecule has 0 bridgehead atoms. The van der Waals surface area contributed by atoms with Crippen LogP contribution < -0.4 is 9.46 Å². The number of methoxy groups -OCH3 is 2. The van der Waals surface area contributed by atoms with E-state index in [1.807, 2.05) is 0 Å². The van der Waals surface area contributed by atoms with Crippen molar-refractivity contribution >= 4 is 22.0 Å². The molecule has 0 aliphatic carbocycles. The zero-order chi connectivity index (χ0) is 16.8. The van der Waals surface area contributed by atoms with Gasteiger partial charge in [-0.15, -0.1) is 0 Å². The third kappa shape index (κ3) is 5.01. The Morgan fingerprint density at radius 2 is 1.95 bits per heavy atom. The van der Waals surface area contributed by atoms with Crippen LogP contribution in [0, 0.1) is 0 Å². The number of ether oxygens (including phenoxy) is 2. The minimum atomic E-state index is -3.94. The molecule has 1 aromatic rings. The molecule has 0 saturated heterocycles. The van der Waals surface area contributed by atoms with E-state index in [4.69, 9.17) is 9.84 Å². The molecule has 0 fully saturated rings. The van der Waals surface area contributed by atoms with Crippen LogP contribution in [-0.4, -0.2) is 46.2 Å². The van der Waals surface area contributed by atoms with Gasteiger partial charge in [-0.1, -0.05) is 0 Å². The fourth-order valence-electron chi connectivity index (χ4n) is 1.68. The van der Waals surface area contributed by atoms with Gasteiger partial charge in [-0.3, -0.25) is 9.59 Å².